The van der Waals surface area contributed by atoms with Crippen LogP contribution in [0.15, 0.2) is 41.6 Å². The van der Waals surface area contributed by atoms with Gasteiger partial charge in [0.15, 0.2) is 5.78 Å². The fourth-order valence-corrected chi connectivity index (χ4v) is 4.20. The van der Waals surface area contributed by atoms with E-state index < -0.39 is 0 Å². The average molecular weight is 253 g/mol. The van der Waals surface area contributed by atoms with Crippen LogP contribution in [-0.2, 0) is 4.79 Å². The normalized spacial score (nSPS) is 29.7. The van der Waals surface area contributed by atoms with Crippen molar-refractivity contribution in [2.45, 2.75) is 31.6 Å². The summed E-state index contributed by atoms with van der Waals surface area (Å²) in [6.45, 7) is 2.31. The molecule has 2 heterocycles. The van der Waals surface area contributed by atoms with Gasteiger partial charge < -0.3 is 4.90 Å². The maximum atomic E-state index is 12.8. The van der Waals surface area contributed by atoms with Crippen molar-refractivity contribution in [1.29, 1.82) is 0 Å². The molecule has 2 heteroatoms. The lowest BCUT2D eigenvalue weighted by atomic mass is 9.82. The van der Waals surface area contributed by atoms with Crippen LogP contribution in [0.2, 0.25) is 0 Å². The maximum Gasteiger partial charge on any atom is 0.168 e. The van der Waals surface area contributed by atoms with Crippen molar-refractivity contribution in [2.24, 2.45) is 5.92 Å². The summed E-state index contributed by atoms with van der Waals surface area (Å²) in [6.07, 6.45) is 4.57. The van der Waals surface area contributed by atoms with E-state index in [1.807, 2.05) is 6.07 Å². The van der Waals surface area contributed by atoms with E-state index in [0.29, 0.717) is 11.7 Å². The highest BCUT2D eigenvalue weighted by atomic mass is 16.1. The summed E-state index contributed by atoms with van der Waals surface area (Å²) in [4.78, 5) is 15.3. The van der Waals surface area contributed by atoms with Gasteiger partial charge in [-0.15, -0.1) is 0 Å². The smallest absolute Gasteiger partial charge is 0.168 e. The van der Waals surface area contributed by atoms with Crippen molar-refractivity contribution >= 4 is 5.78 Å². The highest BCUT2D eigenvalue weighted by Crippen LogP contribution is 2.49. The number of hydrogen-bond acceptors (Lipinski definition) is 2. The van der Waals surface area contributed by atoms with Crippen LogP contribution in [0.3, 0.4) is 0 Å². The Morgan fingerprint density at radius 1 is 1.05 bits per heavy atom. The molecular formula is C17H19NO. The molecule has 4 rings (SSSR count). The molecule has 0 unspecified atom stereocenters. The molecule has 2 atom stereocenters. The first-order valence-corrected chi connectivity index (χ1v) is 7.43. The molecule has 1 aromatic carbocycles. The minimum atomic E-state index is 0.104. The monoisotopic (exact) mass is 253 g/mol. The Hall–Kier alpha value is -1.57. The second-order valence-corrected chi connectivity index (χ2v) is 5.96. The molecule has 2 nitrogen and oxygen atoms in total. The highest BCUT2D eigenvalue weighted by molar-refractivity contribution is 6.04. The summed E-state index contributed by atoms with van der Waals surface area (Å²) < 4.78 is 0. The molecule has 0 aromatic heterocycles. The molecule has 0 amide bonds. The molecule has 1 aliphatic carbocycles. The van der Waals surface area contributed by atoms with Crippen molar-refractivity contribution in [3.05, 3.63) is 47.2 Å². The fourth-order valence-electron chi connectivity index (χ4n) is 4.20. The first-order chi connectivity index (χ1) is 9.36. The number of ketones is 1. The van der Waals surface area contributed by atoms with Crippen LogP contribution in [0.4, 0.5) is 0 Å². The zero-order chi connectivity index (χ0) is 12.8. The second kappa shape index (κ2) is 4.22. The van der Waals surface area contributed by atoms with E-state index >= 15 is 0 Å². The number of rotatable bonds is 1. The first-order valence-electron chi connectivity index (χ1n) is 7.43. The van der Waals surface area contributed by atoms with E-state index in [9.17, 15) is 4.79 Å². The van der Waals surface area contributed by atoms with E-state index in [1.54, 1.807) is 0 Å². The van der Waals surface area contributed by atoms with Gasteiger partial charge in [0.05, 0.1) is 5.92 Å². The van der Waals surface area contributed by atoms with Crippen LogP contribution in [0.5, 0.6) is 0 Å². The molecule has 0 radical (unpaired) electrons. The number of carbonyl (C=O) groups is 1. The molecule has 0 bridgehead atoms. The van der Waals surface area contributed by atoms with Crippen molar-refractivity contribution < 1.29 is 4.79 Å². The molecule has 1 aromatic rings. The van der Waals surface area contributed by atoms with Crippen LogP contribution >= 0.6 is 0 Å². The number of piperidine rings is 1. The van der Waals surface area contributed by atoms with Crippen LogP contribution in [-0.4, -0.2) is 23.8 Å². The van der Waals surface area contributed by atoms with Gasteiger partial charge in [0.25, 0.3) is 0 Å². The van der Waals surface area contributed by atoms with E-state index in [-0.39, 0.29) is 5.92 Å². The Morgan fingerprint density at radius 2 is 1.84 bits per heavy atom. The van der Waals surface area contributed by atoms with Crippen LogP contribution in [0.1, 0.15) is 37.2 Å². The van der Waals surface area contributed by atoms with E-state index in [0.717, 1.165) is 31.5 Å². The lowest BCUT2D eigenvalue weighted by Gasteiger charge is -2.38. The Labute approximate surface area is 114 Å². The minimum Gasteiger partial charge on any atom is -0.374 e. The van der Waals surface area contributed by atoms with Gasteiger partial charge in [-0.25, -0.2) is 0 Å². The number of hydrogen-bond donors (Lipinski definition) is 0. The van der Waals surface area contributed by atoms with Crippen LogP contribution < -0.4 is 0 Å². The Balaban J connectivity index is 1.79. The van der Waals surface area contributed by atoms with E-state index in [4.69, 9.17) is 0 Å². The maximum absolute atomic E-state index is 12.8. The summed E-state index contributed by atoms with van der Waals surface area (Å²) in [5, 5.41) is 0. The summed E-state index contributed by atoms with van der Waals surface area (Å²) in [6, 6.07) is 10.4. The minimum absolute atomic E-state index is 0.104. The fraction of sp³-hybridized carbons (Fsp3) is 0.471. The largest absolute Gasteiger partial charge is 0.374 e. The van der Waals surface area contributed by atoms with Crippen LogP contribution in [0, 0.1) is 5.92 Å². The average Bonchev–Trinajstić information content (AvgIpc) is 2.76. The van der Waals surface area contributed by atoms with Crippen molar-refractivity contribution in [3.8, 4) is 0 Å². The lowest BCUT2D eigenvalue weighted by Crippen LogP contribution is -2.36. The highest BCUT2D eigenvalue weighted by Gasteiger charge is 2.46. The number of carbonyl (C=O) groups excluding carboxylic acids is 1. The Morgan fingerprint density at radius 3 is 2.68 bits per heavy atom. The zero-order valence-corrected chi connectivity index (χ0v) is 11.1. The zero-order valence-electron chi connectivity index (χ0n) is 11.1. The van der Waals surface area contributed by atoms with Gasteiger partial charge in [-0.1, -0.05) is 30.3 Å². The number of allylic oxidation sites excluding steroid dienone is 2. The third-order valence-corrected chi connectivity index (χ3v) is 4.94. The molecule has 1 saturated heterocycles. The van der Waals surface area contributed by atoms with Gasteiger partial charge in [0.1, 0.15) is 0 Å². The molecule has 0 saturated carbocycles. The molecule has 0 N–H and O–H groups in total. The number of benzene rings is 1. The molecule has 98 valence electrons. The lowest BCUT2D eigenvalue weighted by molar-refractivity contribution is -0.117. The molecule has 0 spiro atoms. The molecular weight excluding hydrogens is 234 g/mol. The van der Waals surface area contributed by atoms with Gasteiger partial charge in [-0.05, 0) is 31.2 Å². The van der Waals surface area contributed by atoms with Crippen molar-refractivity contribution in [2.75, 3.05) is 13.1 Å². The Bertz CT molecular complexity index is 546. The van der Waals surface area contributed by atoms with E-state index in [1.165, 1.54) is 24.1 Å². The number of Topliss-reactive ketones (excluding diaryl/α,β-unsaturated/α-hetero) is 1. The summed E-state index contributed by atoms with van der Waals surface area (Å²) >= 11 is 0. The topological polar surface area (TPSA) is 20.3 Å². The van der Waals surface area contributed by atoms with Gasteiger partial charge in [-0.2, -0.15) is 0 Å². The second-order valence-electron chi connectivity index (χ2n) is 5.96. The third-order valence-electron chi connectivity index (χ3n) is 4.94. The van der Waals surface area contributed by atoms with Gasteiger partial charge in [0.2, 0.25) is 0 Å². The van der Waals surface area contributed by atoms with Gasteiger partial charge in [0, 0.05) is 30.3 Å². The predicted molar refractivity (Wildman–Crippen MR) is 74.7 cm³/mol. The Kier molecular flexibility index (Phi) is 2.51. The first kappa shape index (κ1) is 11.3. The van der Waals surface area contributed by atoms with Gasteiger partial charge in [-0.3, -0.25) is 4.79 Å². The predicted octanol–water partition coefficient (Wildman–Crippen LogP) is 3.11. The summed E-state index contributed by atoms with van der Waals surface area (Å²) in [5.41, 5.74) is 3.79. The molecule has 2 aliphatic heterocycles. The standard InChI is InChI=1S/C17H19NO/c19-17-14-9-5-11-18-10-4-8-13(16(14)18)15(17)12-6-2-1-3-7-12/h1-3,6-7,13,15H,4-5,8-11H2/t13-,15+/m0/s1. The molecule has 1 fully saturated rings. The molecule has 3 aliphatic rings. The van der Waals surface area contributed by atoms with Gasteiger partial charge >= 0.3 is 0 Å². The third kappa shape index (κ3) is 1.59. The quantitative estimate of drug-likeness (QED) is 0.766. The summed E-state index contributed by atoms with van der Waals surface area (Å²) in [5.74, 6) is 0.976. The summed E-state index contributed by atoms with van der Waals surface area (Å²) in [7, 11) is 0. The van der Waals surface area contributed by atoms with Crippen LogP contribution in [0.25, 0.3) is 0 Å². The molecule has 19 heavy (non-hydrogen) atoms. The van der Waals surface area contributed by atoms with E-state index in [2.05, 4.69) is 29.2 Å². The SMILES string of the molecule is O=C1C2=C3[C@@H](CCCN3CCC2)[C@H]1c1ccccc1. The number of nitrogens with zero attached hydrogens (tertiary/aromatic N) is 1. The van der Waals surface area contributed by atoms with Crippen molar-refractivity contribution in [3.63, 3.8) is 0 Å². The van der Waals surface area contributed by atoms with Crippen molar-refractivity contribution in [1.82, 2.24) is 4.90 Å².